The maximum atomic E-state index is 12.5. The lowest BCUT2D eigenvalue weighted by Gasteiger charge is -2.18. The zero-order valence-electron chi connectivity index (χ0n) is 10.4. The molecule has 1 unspecified atom stereocenters. The first-order valence-electron chi connectivity index (χ1n) is 5.77. The molecule has 0 bridgehead atoms. The summed E-state index contributed by atoms with van der Waals surface area (Å²) in [5.74, 6) is 0.223. The highest BCUT2D eigenvalue weighted by atomic mass is 19.4. The maximum Gasteiger partial charge on any atom is 0.433 e. The molecule has 0 fully saturated rings. The molecule has 1 rings (SSSR count). The lowest BCUT2D eigenvalue weighted by atomic mass is 10.2. The van der Waals surface area contributed by atoms with Crippen molar-refractivity contribution in [2.45, 2.75) is 32.0 Å². The van der Waals surface area contributed by atoms with Crippen molar-refractivity contribution in [2.24, 2.45) is 0 Å². The van der Waals surface area contributed by atoms with Gasteiger partial charge in [0.1, 0.15) is 11.5 Å². The van der Waals surface area contributed by atoms with E-state index < -0.39 is 11.9 Å². The van der Waals surface area contributed by atoms with Gasteiger partial charge in [-0.05, 0) is 18.6 Å². The fourth-order valence-corrected chi connectivity index (χ4v) is 1.63. The second-order valence-corrected chi connectivity index (χ2v) is 3.99. The Bertz CT molecular complexity index is 363. The molecule has 0 aliphatic carbocycles. The second-order valence-electron chi connectivity index (χ2n) is 3.99. The number of nitrogens with zero attached hydrogens (tertiary/aromatic N) is 1. The molecule has 6 heteroatoms. The van der Waals surface area contributed by atoms with Crippen LogP contribution in [0, 0.1) is 0 Å². The molecular formula is C12H17F3N2O. The monoisotopic (exact) mass is 262 g/mol. The molecule has 1 heterocycles. The first kappa shape index (κ1) is 14.8. The van der Waals surface area contributed by atoms with E-state index in [0.717, 1.165) is 18.9 Å². The summed E-state index contributed by atoms with van der Waals surface area (Å²) in [7, 11) is 1.56. The number of ether oxygens (including phenoxy) is 1. The van der Waals surface area contributed by atoms with Gasteiger partial charge < -0.3 is 10.1 Å². The topological polar surface area (TPSA) is 34.1 Å². The van der Waals surface area contributed by atoms with Gasteiger partial charge in [0.2, 0.25) is 0 Å². The van der Waals surface area contributed by atoms with Crippen molar-refractivity contribution in [1.82, 2.24) is 4.98 Å². The van der Waals surface area contributed by atoms with Crippen LogP contribution in [0.3, 0.4) is 0 Å². The highest BCUT2D eigenvalue weighted by molar-refractivity contribution is 5.37. The van der Waals surface area contributed by atoms with Crippen LogP contribution in [0.1, 0.15) is 25.5 Å². The van der Waals surface area contributed by atoms with Crippen molar-refractivity contribution in [3.05, 3.63) is 23.9 Å². The standard InChI is InChI=1S/C12H17F3N2O/c1-3-5-9(8-18-2)16-11-7-4-6-10(17-11)12(13,14)15/h4,6-7,9H,3,5,8H2,1-2H3,(H,16,17). The number of alkyl halides is 3. The molecule has 1 aromatic heterocycles. The average molecular weight is 262 g/mol. The van der Waals surface area contributed by atoms with Crippen molar-refractivity contribution < 1.29 is 17.9 Å². The Morgan fingerprint density at radius 3 is 2.67 bits per heavy atom. The Balaban J connectivity index is 2.77. The van der Waals surface area contributed by atoms with Crippen LogP contribution in [0.5, 0.6) is 0 Å². The largest absolute Gasteiger partial charge is 0.433 e. The van der Waals surface area contributed by atoms with E-state index in [0.29, 0.717) is 6.61 Å². The fraction of sp³-hybridized carbons (Fsp3) is 0.583. The van der Waals surface area contributed by atoms with Gasteiger partial charge in [0.25, 0.3) is 0 Å². The third-order valence-electron chi connectivity index (χ3n) is 2.40. The molecule has 18 heavy (non-hydrogen) atoms. The predicted molar refractivity (Wildman–Crippen MR) is 63.4 cm³/mol. The van der Waals surface area contributed by atoms with Crippen LogP contribution in [0.15, 0.2) is 18.2 Å². The Morgan fingerprint density at radius 1 is 1.39 bits per heavy atom. The van der Waals surface area contributed by atoms with E-state index >= 15 is 0 Å². The minimum absolute atomic E-state index is 0.0315. The van der Waals surface area contributed by atoms with E-state index in [9.17, 15) is 13.2 Å². The molecule has 0 spiro atoms. The van der Waals surface area contributed by atoms with Crippen molar-refractivity contribution in [2.75, 3.05) is 19.0 Å². The molecular weight excluding hydrogens is 245 g/mol. The first-order valence-corrected chi connectivity index (χ1v) is 5.77. The third kappa shape index (κ3) is 4.52. The van der Waals surface area contributed by atoms with E-state index in [1.54, 1.807) is 7.11 Å². The second kappa shape index (κ2) is 6.58. The number of anilines is 1. The number of hydrogen-bond acceptors (Lipinski definition) is 3. The highest BCUT2D eigenvalue weighted by Gasteiger charge is 2.32. The van der Waals surface area contributed by atoms with Crippen molar-refractivity contribution >= 4 is 5.82 Å². The van der Waals surface area contributed by atoms with Gasteiger partial charge in [0.05, 0.1) is 12.6 Å². The molecule has 0 amide bonds. The van der Waals surface area contributed by atoms with E-state index in [2.05, 4.69) is 10.3 Å². The summed E-state index contributed by atoms with van der Waals surface area (Å²) in [5.41, 5.74) is -0.889. The van der Waals surface area contributed by atoms with Crippen molar-refractivity contribution in [1.29, 1.82) is 0 Å². The zero-order valence-corrected chi connectivity index (χ0v) is 10.4. The summed E-state index contributed by atoms with van der Waals surface area (Å²) in [6, 6.07) is 3.79. The molecule has 1 N–H and O–H groups in total. The highest BCUT2D eigenvalue weighted by Crippen LogP contribution is 2.28. The molecule has 0 radical (unpaired) electrons. The summed E-state index contributed by atoms with van der Waals surface area (Å²) in [5, 5.41) is 2.96. The number of hydrogen-bond donors (Lipinski definition) is 1. The van der Waals surface area contributed by atoms with Gasteiger partial charge in [0, 0.05) is 7.11 Å². The number of nitrogens with one attached hydrogen (secondary N) is 1. The van der Waals surface area contributed by atoms with Gasteiger partial charge >= 0.3 is 6.18 Å². The van der Waals surface area contributed by atoms with Gasteiger partial charge in [-0.1, -0.05) is 19.4 Å². The molecule has 0 aromatic carbocycles. The number of rotatable bonds is 6. The SMILES string of the molecule is CCCC(COC)Nc1cccc(C(F)(F)F)n1. The van der Waals surface area contributed by atoms with Crippen molar-refractivity contribution in [3.8, 4) is 0 Å². The average Bonchev–Trinajstić information content (AvgIpc) is 2.29. The number of pyridine rings is 1. The van der Waals surface area contributed by atoms with E-state index in [1.165, 1.54) is 12.1 Å². The molecule has 3 nitrogen and oxygen atoms in total. The molecule has 1 atom stereocenters. The zero-order chi connectivity index (χ0) is 13.6. The molecule has 1 aromatic rings. The summed E-state index contributed by atoms with van der Waals surface area (Å²) >= 11 is 0. The minimum Gasteiger partial charge on any atom is -0.383 e. The fourth-order valence-electron chi connectivity index (χ4n) is 1.63. The van der Waals surface area contributed by atoms with Gasteiger partial charge in [-0.25, -0.2) is 4.98 Å². The quantitative estimate of drug-likeness (QED) is 0.853. The van der Waals surface area contributed by atoms with Gasteiger partial charge in [-0.15, -0.1) is 0 Å². The van der Waals surface area contributed by atoms with Crippen LogP contribution >= 0.6 is 0 Å². The number of methoxy groups -OCH3 is 1. The maximum absolute atomic E-state index is 12.5. The van der Waals surface area contributed by atoms with Crippen LogP contribution in [-0.2, 0) is 10.9 Å². The van der Waals surface area contributed by atoms with Crippen LogP contribution in [0.25, 0.3) is 0 Å². The smallest absolute Gasteiger partial charge is 0.383 e. The van der Waals surface area contributed by atoms with Gasteiger partial charge in [-0.3, -0.25) is 0 Å². The Kier molecular flexibility index (Phi) is 5.40. The Morgan fingerprint density at radius 2 is 2.11 bits per heavy atom. The molecule has 0 aliphatic heterocycles. The van der Waals surface area contributed by atoms with E-state index in [1.807, 2.05) is 6.92 Å². The van der Waals surface area contributed by atoms with E-state index in [-0.39, 0.29) is 11.9 Å². The minimum atomic E-state index is -4.42. The van der Waals surface area contributed by atoms with Gasteiger partial charge in [0.15, 0.2) is 0 Å². The molecule has 0 saturated heterocycles. The molecule has 0 aliphatic rings. The van der Waals surface area contributed by atoms with E-state index in [4.69, 9.17) is 4.74 Å². The lowest BCUT2D eigenvalue weighted by Crippen LogP contribution is -2.25. The predicted octanol–water partition coefficient (Wildman–Crippen LogP) is 3.33. The molecule has 0 saturated carbocycles. The lowest BCUT2D eigenvalue weighted by molar-refractivity contribution is -0.141. The van der Waals surface area contributed by atoms with Gasteiger partial charge in [-0.2, -0.15) is 13.2 Å². The summed E-state index contributed by atoms with van der Waals surface area (Å²) in [6.07, 6.45) is -2.69. The first-order chi connectivity index (χ1) is 8.47. The Hall–Kier alpha value is -1.30. The summed E-state index contributed by atoms with van der Waals surface area (Å²) in [4.78, 5) is 3.56. The van der Waals surface area contributed by atoms with Crippen LogP contribution < -0.4 is 5.32 Å². The molecule has 102 valence electrons. The normalized spacial score (nSPS) is 13.4. The van der Waals surface area contributed by atoms with Crippen LogP contribution in [0.2, 0.25) is 0 Å². The summed E-state index contributed by atoms with van der Waals surface area (Å²) in [6.45, 7) is 2.44. The third-order valence-corrected chi connectivity index (χ3v) is 2.40. The number of aromatic nitrogens is 1. The van der Waals surface area contributed by atoms with Crippen LogP contribution in [-0.4, -0.2) is 24.7 Å². The Labute approximate surface area is 104 Å². The van der Waals surface area contributed by atoms with Crippen LogP contribution in [0.4, 0.5) is 19.0 Å². The van der Waals surface area contributed by atoms with Crippen molar-refractivity contribution in [3.63, 3.8) is 0 Å². The number of halogens is 3. The summed E-state index contributed by atoms with van der Waals surface area (Å²) < 4.78 is 42.5.